The van der Waals surface area contributed by atoms with Gasteiger partial charge in [-0.05, 0) is 41.1 Å². The Kier molecular flexibility index (Phi) is 5.03. The fourth-order valence-electron chi connectivity index (χ4n) is 4.28. The number of aromatic nitrogens is 2. The Balaban J connectivity index is 1.22. The van der Waals surface area contributed by atoms with Crippen LogP contribution in [0.2, 0.25) is 0 Å². The van der Waals surface area contributed by atoms with Crippen molar-refractivity contribution in [2.75, 3.05) is 26.2 Å². The highest BCUT2D eigenvalue weighted by Gasteiger charge is 2.25. The summed E-state index contributed by atoms with van der Waals surface area (Å²) in [5.41, 5.74) is 3.08. The normalized spacial score (nSPS) is 14.9. The van der Waals surface area contributed by atoms with E-state index < -0.39 is 0 Å². The molecule has 0 unspecified atom stereocenters. The minimum atomic E-state index is 0.117. The summed E-state index contributed by atoms with van der Waals surface area (Å²) in [5.74, 6) is 0.117. The number of carbonyl (C=O) groups excluding carboxylic acids is 1. The minimum absolute atomic E-state index is 0.117. The van der Waals surface area contributed by atoms with Crippen molar-refractivity contribution in [2.45, 2.75) is 6.54 Å². The van der Waals surface area contributed by atoms with Gasteiger partial charge >= 0.3 is 0 Å². The number of nitrogens with one attached hydrogen (secondary N) is 1. The lowest BCUT2D eigenvalue weighted by Gasteiger charge is -2.32. The van der Waals surface area contributed by atoms with Crippen LogP contribution in [0.25, 0.3) is 16.5 Å². The van der Waals surface area contributed by atoms with Crippen LogP contribution < -0.4 is 4.90 Å². The molecule has 0 radical (unpaired) electrons. The number of amides is 1. The van der Waals surface area contributed by atoms with Crippen LogP contribution in [0.1, 0.15) is 15.9 Å². The molecule has 1 amide bonds. The molecule has 1 fully saturated rings. The van der Waals surface area contributed by atoms with Crippen LogP contribution in [-0.4, -0.2) is 46.8 Å². The maximum Gasteiger partial charge on any atom is 0.254 e. The molecule has 30 heavy (non-hydrogen) atoms. The van der Waals surface area contributed by atoms with Crippen molar-refractivity contribution in [3.63, 3.8) is 0 Å². The smallest absolute Gasteiger partial charge is 0.254 e. The third kappa shape index (κ3) is 3.72. The second-order valence-corrected chi connectivity index (χ2v) is 7.85. The van der Waals surface area contributed by atoms with Crippen molar-refractivity contribution in [2.24, 2.45) is 0 Å². The standard InChI is InChI=1S/C25H24N4O/c30-25(21-9-11-23(12-10-21)29-14-4-13-26-29)28-17-15-27(16-18-28)19-22-7-3-6-20-5-1-2-8-24(20)22/h1-14H,15-19H2/p+1. The van der Waals surface area contributed by atoms with Gasteiger partial charge in [0.25, 0.3) is 5.91 Å². The molecule has 4 aromatic rings. The van der Waals surface area contributed by atoms with Crippen molar-refractivity contribution in [1.29, 1.82) is 0 Å². The van der Waals surface area contributed by atoms with Crippen LogP contribution >= 0.6 is 0 Å². The fourth-order valence-corrected chi connectivity index (χ4v) is 4.28. The largest absolute Gasteiger partial charge is 0.328 e. The Morgan fingerprint density at radius 3 is 2.43 bits per heavy atom. The van der Waals surface area contributed by atoms with E-state index >= 15 is 0 Å². The van der Waals surface area contributed by atoms with Crippen LogP contribution in [0.3, 0.4) is 0 Å². The lowest BCUT2D eigenvalue weighted by Crippen LogP contribution is -3.13. The SMILES string of the molecule is O=C(c1ccc(-n2cccn2)cc1)N1CC[NH+](Cc2cccc3ccccc23)CC1. The molecule has 1 N–H and O–H groups in total. The first kappa shape index (κ1) is 18.6. The van der Waals surface area contributed by atoms with Crippen molar-refractivity contribution in [3.8, 4) is 5.69 Å². The van der Waals surface area contributed by atoms with E-state index in [1.165, 1.54) is 21.2 Å². The van der Waals surface area contributed by atoms with E-state index in [4.69, 9.17) is 0 Å². The maximum absolute atomic E-state index is 12.9. The molecule has 1 aliphatic heterocycles. The van der Waals surface area contributed by atoms with E-state index in [9.17, 15) is 4.79 Å². The summed E-state index contributed by atoms with van der Waals surface area (Å²) in [6.45, 7) is 4.53. The number of carbonyl (C=O) groups is 1. The number of hydrogen-bond donors (Lipinski definition) is 1. The third-order valence-electron chi connectivity index (χ3n) is 5.96. The quantitative estimate of drug-likeness (QED) is 0.575. The number of benzene rings is 3. The van der Waals surface area contributed by atoms with Crippen LogP contribution in [0.5, 0.6) is 0 Å². The molecule has 2 heterocycles. The highest BCUT2D eigenvalue weighted by molar-refractivity contribution is 5.94. The minimum Gasteiger partial charge on any atom is -0.328 e. The number of rotatable bonds is 4. The van der Waals surface area contributed by atoms with Gasteiger partial charge in [0, 0.05) is 23.5 Å². The lowest BCUT2D eigenvalue weighted by atomic mass is 10.0. The van der Waals surface area contributed by atoms with Crippen molar-refractivity contribution >= 4 is 16.7 Å². The highest BCUT2D eigenvalue weighted by atomic mass is 16.2. The van der Waals surface area contributed by atoms with Gasteiger partial charge in [0.05, 0.1) is 31.9 Å². The van der Waals surface area contributed by atoms with Gasteiger partial charge in [-0.1, -0.05) is 42.5 Å². The zero-order chi connectivity index (χ0) is 20.3. The predicted octanol–water partition coefficient (Wildman–Crippen LogP) is 2.57. The zero-order valence-electron chi connectivity index (χ0n) is 16.9. The number of quaternary nitrogens is 1. The predicted molar refractivity (Wildman–Crippen MR) is 118 cm³/mol. The number of hydrogen-bond acceptors (Lipinski definition) is 2. The lowest BCUT2D eigenvalue weighted by molar-refractivity contribution is -0.917. The third-order valence-corrected chi connectivity index (χ3v) is 5.96. The summed E-state index contributed by atoms with van der Waals surface area (Å²) in [6.07, 6.45) is 3.65. The summed E-state index contributed by atoms with van der Waals surface area (Å²) in [7, 11) is 0. The molecule has 0 atom stereocenters. The van der Waals surface area contributed by atoms with Crippen molar-refractivity contribution < 1.29 is 9.69 Å². The molecule has 5 nitrogen and oxygen atoms in total. The average Bonchev–Trinajstić information content (AvgIpc) is 3.35. The molecule has 3 aromatic carbocycles. The van der Waals surface area contributed by atoms with Gasteiger partial charge in [-0.25, -0.2) is 4.68 Å². The fraction of sp³-hybridized carbons (Fsp3) is 0.200. The Hall–Kier alpha value is -3.44. The van der Waals surface area contributed by atoms with Crippen LogP contribution in [-0.2, 0) is 6.54 Å². The molecular weight excluding hydrogens is 372 g/mol. The first-order valence-corrected chi connectivity index (χ1v) is 10.5. The molecule has 5 heteroatoms. The summed E-state index contributed by atoms with van der Waals surface area (Å²) in [6, 6.07) is 24.7. The monoisotopic (exact) mass is 397 g/mol. The summed E-state index contributed by atoms with van der Waals surface area (Å²) < 4.78 is 1.80. The summed E-state index contributed by atoms with van der Waals surface area (Å²) in [5, 5.41) is 6.86. The maximum atomic E-state index is 12.9. The van der Waals surface area contributed by atoms with Crippen LogP contribution in [0.15, 0.2) is 85.2 Å². The van der Waals surface area contributed by atoms with Gasteiger partial charge < -0.3 is 9.80 Å². The van der Waals surface area contributed by atoms with E-state index in [1.807, 2.05) is 41.4 Å². The number of nitrogens with zero attached hydrogens (tertiary/aromatic N) is 3. The topological polar surface area (TPSA) is 42.6 Å². The molecule has 1 aliphatic rings. The molecular formula is C25H25N4O+. The molecule has 0 spiro atoms. The molecule has 5 rings (SSSR count). The van der Waals surface area contributed by atoms with E-state index in [0.29, 0.717) is 0 Å². The number of fused-ring (bicyclic) bond motifs is 1. The molecule has 1 saturated heterocycles. The van der Waals surface area contributed by atoms with E-state index in [2.05, 4.69) is 47.6 Å². The van der Waals surface area contributed by atoms with Gasteiger partial charge in [-0.2, -0.15) is 5.10 Å². The Morgan fingerprint density at radius 2 is 1.67 bits per heavy atom. The molecule has 150 valence electrons. The van der Waals surface area contributed by atoms with Gasteiger partial charge in [-0.15, -0.1) is 0 Å². The summed E-state index contributed by atoms with van der Waals surface area (Å²) in [4.78, 5) is 16.4. The van der Waals surface area contributed by atoms with Crippen LogP contribution in [0.4, 0.5) is 0 Å². The first-order chi connectivity index (χ1) is 14.8. The number of piperazine rings is 1. The van der Waals surface area contributed by atoms with E-state index in [-0.39, 0.29) is 5.91 Å². The molecule has 0 saturated carbocycles. The van der Waals surface area contributed by atoms with Crippen molar-refractivity contribution in [3.05, 3.63) is 96.3 Å². The second-order valence-electron chi connectivity index (χ2n) is 7.85. The Labute approximate surface area is 176 Å². The summed E-state index contributed by atoms with van der Waals surface area (Å²) >= 11 is 0. The van der Waals surface area contributed by atoms with E-state index in [1.54, 1.807) is 10.9 Å². The van der Waals surface area contributed by atoms with Crippen molar-refractivity contribution in [1.82, 2.24) is 14.7 Å². The second kappa shape index (κ2) is 8.13. The zero-order valence-corrected chi connectivity index (χ0v) is 16.9. The van der Waals surface area contributed by atoms with Gasteiger partial charge in [0.2, 0.25) is 0 Å². The Morgan fingerprint density at radius 1 is 0.900 bits per heavy atom. The molecule has 0 aliphatic carbocycles. The highest BCUT2D eigenvalue weighted by Crippen LogP contribution is 2.18. The van der Waals surface area contributed by atoms with Gasteiger partial charge in [0.15, 0.2) is 0 Å². The van der Waals surface area contributed by atoms with E-state index in [0.717, 1.165) is 44.0 Å². The average molecular weight is 398 g/mol. The van der Waals surface area contributed by atoms with Crippen LogP contribution in [0, 0.1) is 0 Å². The molecule has 0 bridgehead atoms. The first-order valence-electron chi connectivity index (χ1n) is 10.5. The molecule has 1 aromatic heterocycles. The Bertz CT molecular complexity index is 1140. The van der Waals surface area contributed by atoms with Gasteiger partial charge in [0.1, 0.15) is 6.54 Å². The van der Waals surface area contributed by atoms with Gasteiger partial charge in [-0.3, -0.25) is 4.79 Å².